The van der Waals surface area contributed by atoms with E-state index in [4.69, 9.17) is 0 Å². The average molecular weight is 764 g/mol. The normalized spacial score (nSPS) is 28.0. The molecule has 6 atom stereocenters. The molecule has 0 saturated heterocycles. The Kier molecular flexibility index (Phi) is 6.81. The smallest absolute Gasteiger partial charge is 0.0543 e. The van der Waals surface area contributed by atoms with Gasteiger partial charge in [-0.05, 0) is 176 Å². The standard InChI is InChI=1S/C58H53N/c1-55(2)27-28-56(3,4)50-33-42(23-26-48(50)55)40-13-9-14-45(32-40)59(44-24-21-38(22-25-44)41-20-19-37-11-5-6-12-39(37)31-41)51-18-10-17-49-54(51)46-15-7-8-16-47(46)58(49)52-30-36-29-43-34-53(58)57(43,52)35-36/h5-26,31-33,36,43,52-53H,27-30,34-35H2,1-4H3. The van der Waals surface area contributed by atoms with Gasteiger partial charge >= 0.3 is 0 Å². The first-order valence-corrected chi connectivity index (χ1v) is 22.6. The van der Waals surface area contributed by atoms with E-state index in [2.05, 4.69) is 184 Å². The molecule has 1 nitrogen and oxygen atoms in total. The molecule has 0 heterocycles. The van der Waals surface area contributed by atoms with Crippen LogP contribution in [0.1, 0.15) is 88.5 Å². The third kappa shape index (κ3) is 4.42. The summed E-state index contributed by atoms with van der Waals surface area (Å²) in [4.78, 5) is 2.59. The van der Waals surface area contributed by atoms with Gasteiger partial charge in [-0.25, -0.2) is 0 Å². The molecule has 7 aromatic rings. The monoisotopic (exact) mass is 763 g/mol. The lowest BCUT2D eigenvalue weighted by Crippen LogP contribution is -2.73. The molecule has 4 fully saturated rings. The van der Waals surface area contributed by atoms with E-state index in [0.717, 1.165) is 23.7 Å². The second-order valence-electron chi connectivity index (χ2n) is 20.8. The fourth-order valence-electron chi connectivity index (χ4n) is 14.7. The van der Waals surface area contributed by atoms with E-state index in [1.807, 2.05) is 0 Å². The van der Waals surface area contributed by atoms with Crippen LogP contribution in [-0.4, -0.2) is 0 Å². The Hall–Kier alpha value is -5.40. The Morgan fingerprint density at radius 2 is 1.15 bits per heavy atom. The number of anilines is 3. The fourth-order valence-corrected chi connectivity index (χ4v) is 14.7. The molecule has 1 heteroatoms. The van der Waals surface area contributed by atoms with Crippen LogP contribution in [0.5, 0.6) is 0 Å². The summed E-state index contributed by atoms with van der Waals surface area (Å²) < 4.78 is 0. The van der Waals surface area contributed by atoms with Crippen LogP contribution in [-0.2, 0) is 16.2 Å². The minimum atomic E-state index is 0.157. The Morgan fingerprint density at radius 3 is 2.00 bits per heavy atom. The SMILES string of the molecule is CC1(C)CCC(C)(C)c2cc(-c3cccc(N(c4ccc(-c5ccc6ccccc6c5)cc4)c4cccc5c4-c4ccccc4C54C5CC6CC7CC4C75C6)c3)ccc21. The van der Waals surface area contributed by atoms with Crippen molar-refractivity contribution in [1.29, 1.82) is 0 Å². The molecule has 0 N–H and O–H groups in total. The molecule has 6 unspecified atom stereocenters. The van der Waals surface area contributed by atoms with Gasteiger partial charge in [0.2, 0.25) is 0 Å². The molecule has 0 radical (unpaired) electrons. The summed E-state index contributed by atoms with van der Waals surface area (Å²) in [7, 11) is 0. The lowest BCUT2D eigenvalue weighted by molar-refractivity contribution is -0.231. The summed E-state index contributed by atoms with van der Waals surface area (Å²) in [6.07, 6.45) is 8.27. The molecule has 6 aliphatic carbocycles. The fraction of sp³-hybridized carbons (Fsp3) is 0.310. The van der Waals surface area contributed by atoms with Crippen molar-refractivity contribution in [3.05, 3.63) is 174 Å². The van der Waals surface area contributed by atoms with Crippen LogP contribution < -0.4 is 4.90 Å². The van der Waals surface area contributed by atoms with Crippen LogP contribution in [0.15, 0.2) is 152 Å². The average Bonchev–Trinajstić information content (AvgIpc) is 3.90. The molecule has 7 aromatic carbocycles. The Labute approximate surface area is 350 Å². The van der Waals surface area contributed by atoms with Gasteiger partial charge in [0.25, 0.3) is 0 Å². The second kappa shape index (κ2) is 11.7. The highest BCUT2D eigenvalue weighted by Gasteiger charge is 2.84. The summed E-state index contributed by atoms with van der Waals surface area (Å²) in [5.41, 5.74) is 19.1. The third-order valence-corrected chi connectivity index (χ3v) is 17.4. The summed E-state index contributed by atoms with van der Waals surface area (Å²) in [6, 6.07) is 58.6. The Balaban J connectivity index is 0.984. The molecule has 290 valence electrons. The van der Waals surface area contributed by atoms with Crippen LogP contribution in [0.4, 0.5) is 17.1 Å². The van der Waals surface area contributed by atoms with E-state index in [1.54, 1.807) is 11.1 Å². The summed E-state index contributed by atoms with van der Waals surface area (Å²) in [6.45, 7) is 9.73. The van der Waals surface area contributed by atoms with E-state index in [9.17, 15) is 0 Å². The van der Waals surface area contributed by atoms with E-state index in [1.165, 1.54) is 111 Å². The van der Waals surface area contributed by atoms with Gasteiger partial charge in [0.1, 0.15) is 0 Å². The lowest BCUT2D eigenvalue weighted by atomic mass is 9.27. The zero-order valence-corrected chi connectivity index (χ0v) is 34.9. The third-order valence-electron chi connectivity index (χ3n) is 17.4. The van der Waals surface area contributed by atoms with Gasteiger partial charge in [-0.15, -0.1) is 0 Å². The van der Waals surface area contributed by atoms with Crippen molar-refractivity contribution < 1.29 is 0 Å². The van der Waals surface area contributed by atoms with Crippen LogP contribution in [0.3, 0.4) is 0 Å². The summed E-state index contributed by atoms with van der Waals surface area (Å²) in [5.74, 6) is 3.48. The number of hydrogen-bond donors (Lipinski definition) is 0. The van der Waals surface area contributed by atoms with Crippen molar-refractivity contribution in [2.45, 2.75) is 82.5 Å². The number of hydrogen-bond acceptors (Lipinski definition) is 1. The van der Waals surface area contributed by atoms with E-state index >= 15 is 0 Å². The second-order valence-corrected chi connectivity index (χ2v) is 20.8. The van der Waals surface area contributed by atoms with Crippen LogP contribution in [0, 0.1) is 29.1 Å². The van der Waals surface area contributed by atoms with Crippen LogP contribution in [0.2, 0.25) is 0 Å². The van der Waals surface area contributed by atoms with Gasteiger partial charge in [-0.3, -0.25) is 0 Å². The first kappa shape index (κ1) is 34.5. The highest BCUT2D eigenvalue weighted by atomic mass is 15.1. The van der Waals surface area contributed by atoms with Gasteiger partial charge < -0.3 is 4.90 Å². The maximum Gasteiger partial charge on any atom is 0.0543 e. The van der Waals surface area contributed by atoms with Crippen LogP contribution >= 0.6 is 0 Å². The van der Waals surface area contributed by atoms with Gasteiger partial charge in [-0.2, -0.15) is 0 Å². The number of rotatable bonds is 5. The van der Waals surface area contributed by atoms with Crippen molar-refractivity contribution >= 4 is 27.8 Å². The van der Waals surface area contributed by atoms with Crippen molar-refractivity contribution in [2.75, 3.05) is 4.90 Å². The highest BCUT2D eigenvalue weighted by molar-refractivity contribution is 5.97. The van der Waals surface area contributed by atoms with E-state index in [0.29, 0.717) is 5.41 Å². The number of fused-ring (bicyclic) bond motifs is 10. The summed E-state index contributed by atoms with van der Waals surface area (Å²) in [5, 5.41) is 2.56. The molecule has 0 amide bonds. The van der Waals surface area contributed by atoms with Crippen molar-refractivity contribution in [3.8, 4) is 33.4 Å². The van der Waals surface area contributed by atoms with Crippen LogP contribution in [0.25, 0.3) is 44.2 Å². The van der Waals surface area contributed by atoms with Crippen molar-refractivity contribution in [1.82, 2.24) is 0 Å². The molecule has 2 spiro atoms. The highest BCUT2D eigenvalue weighted by Crippen LogP contribution is 2.89. The van der Waals surface area contributed by atoms with Gasteiger partial charge in [-0.1, -0.05) is 143 Å². The maximum atomic E-state index is 2.59. The van der Waals surface area contributed by atoms with Gasteiger partial charge in [0.05, 0.1) is 5.69 Å². The Morgan fingerprint density at radius 1 is 0.475 bits per heavy atom. The first-order chi connectivity index (χ1) is 28.7. The number of benzene rings is 7. The van der Waals surface area contributed by atoms with Gasteiger partial charge in [0.15, 0.2) is 0 Å². The molecule has 2 bridgehead atoms. The molecule has 4 saturated carbocycles. The predicted molar refractivity (Wildman–Crippen MR) is 246 cm³/mol. The largest absolute Gasteiger partial charge is 0.310 e. The Bertz CT molecular complexity index is 2890. The molecular formula is C58H53N. The lowest BCUT2D eigenvalue weighted by Gasteiger charge is -2.76. The van der Waals surface area contributed by atoms with Crippen molar-refractivity contribution in [3.63, 3.8) is 0 Å². The molecule has 0 aromatic heterocycles. The number of nitrogens with zero attached hydrogens (tertiary/aromatic N) is 1. The first-order valence-electron chi connectivity index (χ1n) is 22.6. The predicted octanol–water partition coefficient (Wildman–Crippen LogP) is 15.3. The maximum absolute atomic E-state index is 2.59. The zero-order valence-electron chi connectivity index (χ0n) is 34.9. The van der Waals surface area contributed by atoms with E-state index < -0.39 is 0 Å². The molecule has 13 rings (SSSR count). The minimum absolute atomic E-state index is 0.157. The van der Waals surface area contributed by atoms with E-state index in [-0.39, 0.29) is 16.2 Å². The molecule has 6 aliphatic rings. The molecule has 0 aliphatic heterocycles. The summed E-state index contributed by atoms with van der Waals surface area (Å²) >= 11 is 0. The zero-order chi connectivity index (χ0) is 39.5. The van der Waals surface area contributed by atoms with Gasteiger partial charge in [0, 0.05) is 22.4 Å². The topological polar surface area (TPSA) is 3.24 Å². The quantitative estimate of drug-likeness (QED) is 0.169. The molecule has 59 heavy (non-hydrogen) atoms. The molecular weight excluding hydrogens is 711 g/mol. The van der Waals surface area contributed by atoms with Crippen molar-refractivity contribution in [2.24, 2.45) is 29.1 Å². The minimum Gasteiger partial charge on any atom is -0.310 e.